The van der Waals surface area contributed by atoms with Crippen molar-refractivity contribution in [2.75, 3.05) is 61.0 Å². The van der Waals surface area contributed by atoms with Gasteiger partial charge in [0.25, 0.3) is 0 Å². The molecule has 3 aliphatic rings. The number of piperidine rings is 1. The number of esters is 1. The Bertz CT molecular complexity index is 1000. The Morgan fingerprint density at radius 1 is 1.06 bits per heavy atom. The lowest BCUT2D eigenvalue weighted by Gasteiger charge is -2.47. The van der Waals surface area contributed by atoms with Crippen molar-refractivity contribution in [3.63, 3.8) is 0 Å². The fourth-order valence-corrected chi connectivity index (χ4v) is 8.30. The monoisotopic (exact) mass is 668 g/mol. The smallest absolute Gasteiger partial charge is 0.319 e. The van der Waals surface area contributed by atoms with Gasteiger partial charge in [-0.3, -0.25) is 14.5 Å². The number of likely N-dealkylation sites (tertiary alicyclic amines) is 1. The van der Waals surface area contributed by atoms with E-state index in [0.29, 0.717) is 24.7 Å². The summed E-state index contributed by atoms with van der Waals surface area (Å²) in [6.07, 6.45) is 2.92. The first-order valence-corrected chi connectivity index (χ1v) is 18.2. The van der Waals surface area contributed by atoms with Crippen LogP contribution >= 0.6 is 0 Å². The van der Waals surface area contributed by atoms with Crippen molar-refractivity contribution in [3.8, 4) is 0 Å². The molecule has 3 heterocycles. The van der Waals surface area contributed by atoms with Gasteiger partial charge in [0.1, 0.15) is 18.1 Å². The summed E-state index contributed by atoms with van der Waals surface area (Å²) < 4.78 is 25.1. The Morgan fingerprint density at radius 2 is 1.70 bits per heavy atom. The minimum Gasteiger partial charge on any atom is -0.463 e. The lowest BCUT2D eigenvalue weighted by Crippen LogP contribution is -2.59. The van der Waals surface area contributed by atoms with Crippen molar-refractivity contribution in [3.05, 3.63) is 0 Å². The molecule has 0 aromatic heterocycles. The van der Waals surface area contributed by atoms with E-state index in [0.717, 1.165) is 39.0 Å². The molecular weight excluding hydrogens is 598 g/mol. The van der Waals surface area contributed by atoms with Crippen LogP contribution in [0.1, 0.15) is 93.9 Å². The zero-order chi connectivity index (χ0) is 35.3. The number of ketones is 1. The number of aliphatic hydroxyl groups excluding tert-OH is 1. The highest BCUT2D eigenvalue weighted by molar-refractivity contribution is 6.04. The summed E-state index contributed by atoms with van der Waals surface area (Å²) in [7, 11) is 7.64. The fourth-order valence-electron chi connectivity index (χ4n) is 8.30. The zero-order valence-electron chi connectivity index (χ0n) is 31.8. The molecule has 0 aromatic carbocycles. The van der Waals surface area contributed by atoms with Crippen LogP contribution in [0.25, 0.3) is 0 Å². The standard InChI is InChI=1S/C37H69N3O7/c1-24(2)21-40-17-15-28(16-18-40)13-14-29-23-45-35(43)36(6,7)32(42)27(5)33(37(8,44-12)20-25(3)22-39(29)11)47-34-31(41)30(38(9)10)19-26(4)46-34/h24-31,33-34,41H,13-23H2,1-12H3/t25-,26-,27+,29-,30+,31-,33-,34+,37-/m1/s1. The van der Waals surface area contributed by atoms with Gasteiger partial charge in [0.05, 0.1) is 17.8 Å². The number of nitrogens with zero attached hydrogens (tertiary/aromatic N) is 3. The van der Waals surface area contributed by atoms with Crippen molar-refractivity contribution in [2.45, 2.75) is 136 Å². The summed E-state index contributed by atoms with van der Waals surface area (Å²) >= 11 is 0. The summed E-state index contributed by atoms with van der Waals surface area (Å²) in [5.74, 6) is -0.000182. The number of rotatable bonds is 9. The summed E-state index contributed by atoms with van der Waals surface area (Å²) in [5.41, 5.74) is -2.30. The average Bonchev–Trinajstić information content (AvgIpc) is 2.99. The second kappa shape index (κ2) is 17.2. The molecule has 3 saturated heterocycles. The van der Waals surface area contributed by atoms with Crippen LogP contribution < -0.4 is 0 Å². The van der Waals surface area contributed by atoms with Crippen LogP contribution in [0.5, 0.6) is 0 Å². The molecule has 0 aliphatic carbocycles. The van der Waals surface area contributed by atoms with Gasteiger partial charge in [-0.15, -0.1) is 0 Å². The average molecular weight is 668 g/mol. The summed E-state index contributed by atoms with van der Waals surface area (Å²) in [5, 5.41) is 11.3. The molecule has 0 spiro atoms. The highest BCUT2D eigenvalue weighted by Crippen LogP contribution is 2.38. The van der Waals surface area contributed by atoms with Crippen LogP contribution in [0.15, 0.2) is 0 Å². The third kappa shape index (κ3) is 10.4. The normalized spacial score (nSPS) is 37.8. The molecule has 10 nitrogen and oxygen atoms in total. The van der Waals surface area contributed by atoms with Gasteiger partial charge in [-0.2, -0.15) is 0 Å². The van der Waals surface area contributed by atoms with Crippen molar-refractivity contribution in [1.29, 1.82) is 0 Å². The molecule has 0 saturated carbocycles. The molecule has 0 radical (unpaired) electrons. The van der Waals surface area contributed by atoms with E-state index in [9.17, 15) is 14.7 Å². The Balaban J connectivity index is 1.85. The summed E-state index contributed by atoms with van der Waals surface area (Å²) in [6, 6.07) is -0.114. The van der Waals surface area contributed by atoms with E-state index < -0.39 is 41.4 Å². The zero-order valence-corrected chi connectivity index (χ0v) is 31.8. The Morgan fingerprint density at radius 3 is 2.28 bits per heavy atom. The maximum Gasteiger partial charge on any atom is 0.319 e. The number of hydrogen-bond donors (Lipinski definition) is 1. The lowest BCUT2D eigenvalue weighted by molar-refractivity contribution is -0.295. The van der Waals surface area contributed by atoms with E-state index >= 15 is 0 Å². The molecule has 0 aromatic rings. The van der Waals surface area contributed by atoms with Gasteiger partial charge in [-0.25, -0.2) is 0 Å². The van der Waals surface area contributed by atoms with Crippen molar-refractivity contribution < 1.29 is 33.6 Å². The Hall–Kier alpha value is -1.14. The van der Waals surface area contributed by atoms with E-state index in [2.05, 4.69) is 37.6 Å². The predicted octanol–water partition coefficient (Wildman–Crippen LogP) is 4.47. The Kier molecular flexibility index (Phi) is 14.7. The first-order valence-electron chi connectivity index (χ1n) is 18.2. The van der Waals surface area contributed by atoms with E-state index in [1.807, 2.05) is 32.8 Å². The minimum absolute atomic E-state index is 0.0512. The number of Topliss-reactive ketones (excluding diaryl/α,β-unsaturated/α-hetero) is 1. The van der Waals surface area contributed by atoms with Crippen molar-refractivity contribution in [2.24, 2.45) is 29.1 Å². The van der Waals surface area contributed by atoms with Crippen LogP contribution in [0.4, 0.5) is 0 Å². The van der Waals surface area contributed by atoms with Gasteiger partial charge in [-0.1, -0.05) is 27.7 Å². The number of aliphatic hydroxyl groups is 1. The maximum atomic E-state index is 14.2. The minimum atomic E-state index is -1.40. The molecular formula is C37H69N3O7. The van der Waals surface area contributed by atoms with Gasteiger partial charge in [0, 0.05) is 38.2 Å². The SMILES string of the molecule is CO[C@]1(C)C[C@@H](C)CN(C)[C@H](CCC2CCN(CC(C)C)CC2)COC(=O)C(C)(C)C(=O)[C@H](C)[C@H]1O[C@@H]1O[C@H](C)C[C@H](N(C)C)[C@H]1O. The number of ether oxygens (including phenoxy) is 4. The van der Waals surface area contributed by atoms with Crippen LogP contribution in [0.2, 0.25) is 0 Å². The van der Waals surface area contributed by atoms with Crippen LogP contribution in [-0.2, 0) is 28.5 Å². The molecule has 0 amide bonds. The van der Waals surface area contributed by atoms with E-state index in [4.69, 9.17) is 18.9 Å². The van der Waals surface area contributed by atoms with E-state index in [1.165, 1.54) is 12.8 Å². The molecule has 0 bridgehead atoms. The molecule has 3 rings (SSSR count). The van der Waals surface area contributed by atoms with Crippen molar-refractivity contribution >= 4 is 11.8 Å². The third-order valence-corrected chi connectivity index (χ3v) is 11.2. The van der Waals surface area contributed by atoms with Gasteiger partial charge in [0.15, 0.2) is 12.1 Å². The molecule has 3 aliphatic heterocycles. The van der Waals surface area contributed by atoms with Crippen molar-refractivity contribution in [1.82, 2.24) is 14.7 Å². The number of methoxy groups -OCH3 is 1. The fraction of sp³-hybridized carbons (Fsp3) is 0.946. The molecule has 1 N–H and O–H groups in total. The summed E-state index contributed by atoms with van der Waals surface area (Å²) in [4.78, 5) is 34.8. The maximum absolute atomic E-state index is 14.2. The predicted molar refractivity (Wildman–Crippen MR) is 185 cm³/mol. The number of cyclic esters (lactones) is 1. The van der Waals surface area contributed by atoms with Gasteiger partial charge in [-0.05, 0) is 118 Å². The van der Waals surface area contributed by atoms with Gasteiger partial charge in [0.2, 0.25) is 0 Å². The van der Waals surface area contributed by atoms with Crippen LogP contribution in [0, 0.1) is 29.1 Å². The van der Waals surface area contributed by atoms with Crippen LogP contribution in [-0.4, -0.2) is 135 Å². The molecule has 10 heteroatoms. The molecule has 9 atom stereocenters. The first kappa shape index (κ1) is 40.3. The van der Waals surface area contributed by atoms with E-state index in [1.54, 1.807) is 27.9 Å². The largest absolute Gasteiger partial charge is 0.463 e. The summed E-state index contributed by atoms with van der Waals surface area (Å²) in [6.45, 7) is 20.3. The number of likely N-dealkylation sites (N-methyl/N-ethyl adjacent to an activating group) is 2. The second-order valence-corrected chi connectivity index (χ2v) is 16.6. The van der Waals surface area contributed by atoms with Gasteiger partial charge < -0.3 is 33.9 Å². The van der Waals surface area contributed by atoms with Crippen LogP contribution in [0.3, 0.4) is 0 Å². The number of carbonyl (C=O) groups excluding carboxylic acids is 2. The van der Waals surface area contributed by atoms with E-state index in [-0.39, 0.29) is 36.5 Å². The molecule has 3 fully saturated rings. The Labute approximate surface area is 286 Å². The first-order chi connectivity index (χ1) is 21.9. The number of carbonyl (C=O) groups is 2. The molecule has 47 heavy (non-hydrogen) atoms. The van der Waals surface area contributed by atoms with Gasteiger partial charge >= 0.3 is 5.97 Å². The highest BCUT2D eigenvalue weighted by Gasteiger charge is 2.51. The number of hydrogen-bond acceptors (Lipinski definition) is 10. The molecule has 0 unspecified atom stereocenters. The lowest BCUT2D eigenvalue weighted by atomic mass is 9.74. The topological polar surface area (TPSA) is 101 Å². The molecule has 274 valence electrons. The quantitative estimate of drug-likeness (QED) is 0.280. The highest BCUT2D eigenvalue weighted by atomic mass is 16.7. The third-order valence-electron chi connectivity index (χ3n) is 11.2. The second-order valence-electron chi connectivity index (χ2n) is 16.6.